The van der Waals surface area contributed by atoms with Crippen molar-refractivity contribution in [3.05, 3.63) is 12.4 Å². The molecule has 0 aliphatic carbocycles. The summed E-state index contributed by atoms with van der Waals surface area (Å²) in [5.41, 5.74) is 0.703. The Morgan fingerprint density at radius 1 is 1.09 bits per heavy atom. The van der Waals surface area contributed by atoms with Crippen molar-refractivity contribution in [3.8, 4) is 0 Å². The number of nitrogens with zero attached hydrogens (tertiary/aromatic N) is 5. The first-order chi connectivity index (χ1) is 10.6. The molecule has 3 aliphatic rings. The normalized spacial score (nSPS) is 28.2. The van der Waals surface area contributed by atoms with E-state index < -0.39 is 6.04 Å². The lowest BCUT2D eigenvalue weighted by molar-refractivity contribution is -0.133. The first-order valence-corrected chi connectivity index (χ1v) is 7.51. The van der Waals surface area contributed by atoms with E-state index in [1.165, 1.54) is 4.90 Å². The summed E-state index contributed by atoms with van der Waals surface area (Å²) in [5.74, 6) is -0.412. The van der Waals surface area contributed by atoms with Crippen LogP contribution in [-0.2, 0) is 16.6 Å². The van der Waals surface area contributed by atoms with E-state index in [-0.39, 0.29) is 23.9 Å². The molecule has 1 unspecified atom stereocenters. The summed E-state index contributed by atoms with van der Waals surface area (Å²) in [6, 6.07) is -1.34. The number of carbonyl (C=O) groups is 3. The zero-order valence-electron chi connectivity index (χ0n) is 12.3. The van der Waals surface area contributed by atoms with Crippen LogP contribution in [0.2, 0.25) is 0 Å². The number of hydrogen-bond donors (Lipinski definition) is 0. The van der Waals surface area contributed by atoms with Crippen molar-refractivity contribution in [3.63, 3.8) is 0 Å². The molecule has 3 fully saturated rings. The molecule has 0 saturated carbocycles. The van der Waals surface area contributed by atoms with E-state index in [1.54, 1.807) is 33.9 Å². The molecule has 8 nitrogen and oxygen atoms in total. The van der Waals surface area contributed by atoms with Crippen LogP contribution in [0.5, 0.6) is 0 Å². The second-order valence-corrected chi connectivity index (χ2v) is 6.01. The quantitative estimate of drug-likeness (QED) is 0.718. The molecular weight excluding hydrogens is 286 g/mol. The third-order valence-corrected chi connectivity index (χ3v) is 4.72. The van der Waals surface area contributed by atoms with E-state index in [4.69, 9.17) is 0 Å². The molecule has 4 rings (SSSR count). The Balaban J connectivity index is 1.58. The minimum Gasteiger partial charge on any atom is -0.312 e. The van der Waals surface area contributed by atoms with Gasteiger partial charge < -0.3 is 9.80 Å². The van der Waals surface area contributed by atoms with Crippen molar-refractivity contribution in [2.24, 2.45) is 7.05 Å². The lowest BCUT2D eigenvalue weighted by Gasteiger charge is -2.21. The molecule has 4 amide bonds. The molecule has 22 heavy (non-hydrogen) atoms. The fourth-order valence-corrected chi connectivity index (χ4v) is 3.64. The van der Waals surface area contributed by atoms with Gasteiger partial charge in [-0.3, -0.25) is 14.3 Å². The van der Waals surface area contributed by atoms with E-state index in [0.717, 1.165) is 6.42 Å². The van der Waals surface area contributed by atoms with Gasteiger partial charge in [-0.25, -0.2) is 9.69 Å². The maximum atomic E-state index is 12.6. The molecule has 0 N–H and O–H groups in total. The largest absolute Gasteiger partial charge is 0.328 e. The molecule has 1 aromatic heterocycles. The molecule has 0 radical (unpaired) electrons. The van der Waals surface area contributed by atoms with Gasteiger partial charge >= 0.3 is 6.03 Å². The average Bonchev–Trinajstić information content (AvgIpc) is 3.21. The van der Waals surface area contributed by atoms with Crippen molar-refractivity contribution in [2.75, 3.05) is 18.0 Å². The predicted molar refractivity (Wildman–Crippen MR) is 75.9 cm³/mol. The summed E-state index contributed by atoms with van der Waals surface area (Å²) in [5, 5.41) is 4.06. The average molecular weight is 303 g/mol. The molecule has 8 heteroatoms. The zero-order chi connectivity index (χ0) is 15.4. The van der Waals surface area contributed by atoms with Crippen LogP contribution < -0.4 is 4.90 Å². The van der Waals surface area contributed by atoms with Gasteiger partial charge in [0.25, 0.3) is 11.8 Å². The Labute approximate surface area is 127 Å². The van der Waals surface area contributed by atoms with Gasteiger partial charge in [0, 0.05) is 26.3 Å². The Bertz CT molecular complexity index is 647. The molecule has 2 atom stereocenters. The molecule has 116 valence electrons. The van der Waals surface area contributed by atoms with Crippen LogP contribution in [0.1, 0.15) is 19.3 Å². The summed E-state index contributed by atoms with van der Waals surface area (Å²) in [4.78, 5) is 41.9. The van der Waals surface area contributed by atoms with Crippen LogP contribution in [0.25, 0.3) is 0 Å². The van der Waals surface area contributed by atoms with Gasteiger partial charge in [-0.2, -0.15) is 5.10 Å². The Hall–Kier alpha value is -2.38. The van der Waals surface area contributed by atoms with Gasteiger partial charge in [-0.05, 0) is 19.3 Å². The molecule has 3 saturated heterocycles. The standard InChI is InChI=1S/C14H17N5O3/c1-16-8-9(7-15-16)17-6-4-11(12(17)20)19-13(21)10-3-2-5-18(10)14(19)22/h7-8,10-11H,2-6H2,1H3/t10-,11?/m0/s1. The topological polar surface area (TPSA) is 78.8 Å². The molecule has 3 aliphatic heterocycles. The van der Waals surface area contributed by atoms with Crippen molar-refractivity contribution in [2.45, 2.75) is 31.3 Å². The number of rotatable bonds is 2. The Morgan fingerprint density at radius 3 is 2.59 bits per heavy atom. The van der Waals surface area contributed by atoms with Gasteiger partial charge in [0.05, 0.1) is 11.9 Å². The highest BCUT2D eigenvalue weighted by Gasteiger charge is 2.53. The van der Waals surface area contributed by atoms with Crippen LogP contribution in [0.3, 0.4) is 0 Å². The van der Waals surface area contributed by atoms with E-state index in [9.17, 15) is 14.4 Å². The van der Waals surface area contributed by atoms with Gasteiger partial charge in [0.2, 0.25) is 0 Å². The van der Waals surface area contributed by atoms with Crippen LogP contribution in [0.15, 0.2) is 12.4 Å². The second-order valence-electron chi connectivity index (χ2n) is 6.01. The first-order valence-electron chi connectivity index (χ1n) is 7.51. The van der Waals surface area contributed by atoms with Gasteiger partial charge in [0.1, 0.15) is 12.1 Å². The number of urea groups is 1. The van der Waals surface area contributed by atoms with Crippen molar-refractivity contribution < 1.29 is 14.4 Å². The monoisotopic (exact) mass is 303 g/mol. The van der Waals surface area contributed by atoms with Gasteiger partial charge in [0.15, 0.2) is 0 Å². The summed E-state index contributed by atoms with van der Waals surface area (Å²) in [6.07, 6.45) is 5.41. The number of aryl methyl sites for hydroxylation is 1. The maximum Gasteiger partial charge on any atom is 0.328 e. The third kappa shape index (κ3) is 1.69. The predicted octanol–water partition coefficient (Wildman–Crippen LogP) is -0.0480. The van der Waals surface area contributed by atoms with Crippen molar-refractivity contribution in [1.29, 1.82) is 0 Å². The lowest BCUT2D eigenvalue weighted by atomic mass is 10.1. The van der Waals surface area contributed by atoms with Gasteiger partial charge in [-0.15, -0.1) is 0 Å². The third-order valence-electron chi connectivity index (χ3n) is 4.72. The van der Waals surface area contributed by atoms with Crippen LogP contribution in [0.4, 0.5) is 10.5 Å². The smallest absolute Gasteiger partial charge is 0.312 e. The SMILES string of the molecule is Cn1cc(N2CCC(N3C(=O)[C@@H]4CCCN4C3=O)C2=O)cn1. The minimum absolute atomic E-state index is 0.198. The number of aromatic nitrogens is 2. The molecule has 0 bridgehead atoms. The highest BCUT2D eigenvalue weighted by molar-refractivity contribution is 6.10. The fraction of sp³-hybridized carbons (Fsp3) is 0.571. The maximum absolute atomic E-state index is 12.6. The second kappa shape index (κ2) is 4.56. The molecular formula is C14H17N5O3. The minimum atomic E-state index is -0.675. The fourth-order valence-electron chi connectivity index (χ4n) is 3.64. The highest BCUT2D eigenvalue weighted by atomic mass is 16.2. The number of anilines is 1. The molecule has 0 spiro atoms. The van der Waals surface area contributed by atoms with Crippen LogP contribution in [0, 0.1) is 0 Å². The number of amides is 4. The number of imide groups is 1. The van der Waals surface area contributed by atoms with E-state index in [0.29, 0.717) is 31.6 Å². The molecule has 4 heterocycles. The van der Waals surface area contributed by atoms with Crippen molar-refractivity contribution >= 4 is 23.5 Å². The zero-order valence-corrected chi connectivity index (χ0v) is 12.3. The van der Waals surface area contributed by atoms with E-state index in [1.807, 2.05) is 0 Å². The number of hydrogen-bond acceptors (Lipinski definition) is 4. The Kier molecular flexibility index (Phi) is 2.75. The number of fused-ring (bicyclic) bond motifs is 1. The van der Waals surface area contributed by atoms with E-state index in [2.05, 4.69) is 5.10 Å². The Morgan fingerprint density at radius 2 is 1.91 bits per heavy atom. The van der Waals surface area contributed by atoms with Gasteiger partial charge in [-0.1, -0.05) is 0 Å². The molecule has 1 aromatic rings. The number of carbonyl (C=O) groups excluding carboxylic acids is 3. The van der Waals surface area contributed by atoms with E-state index >= 15 is 0 Å². The molecule has 0 aromatic carbocycles. The van der Waals surface area contributed by atoms with Crippen molar-refractivity contribution in [1.82, 2.24) is 19.6 Å². The van der Waals surface area contributed by atoms with Crippen LogP contribution >= 0.6 is 0 Å². The summed E-state index contributed by atoms with van der Waals surface area (Å²) < 4.78 is 1.62. The lowest BCUT2D eigenvalue weighted by Crippen LogP contribution is -2.46. The summed E-state index contributed by atoms with van der Waals surface area (Å²) >= 11 is 0. The van der Waals surface area contributed by atoms with Crippen LogP contribution in [-0.4, -0.2) is 62.6 Å². The summed E-state index contributed by atoms with van der Waals surface area (Å²) in [6.45, 7) is 1.11. The highest BCUT2D eigenvalue weighted by Crippen LogP contribution is 2.32. The summed E-state index contributed by atoms with van der Waals surface area (Å²) in [7, 11) is 1.78. The first kappa shape index (κ1) is 13.3.